The van der Waals surface area contributed by atoms with Gasteiger partial charge in [0.1, 0.15) is 35.8 Å². The van der Waals surface area contributed by atoms with Crippen LogP contribution in [-0.4, -0.2) is 91.2 Å². The van der Waals surface area contributed by atoms with E-state index in [1.165, 1.54) is 25.1 Å². The molecular weight excluding hydrogens is 831 g/mol. The summed E-state index contributed by atoms with van der Waals surface area (Å²) in [6, 6.07) is 23.3. The Morgan fingerprint density at radius 3 is 2.22 bits per heavy atom. The number of benzene rings is 4. The molecule has 1 aliphatic carbocycles. The molecule has 0 aromatic heterocycles. The Balaban J connectivity index is 1.35. The Labute approximate surface area is 380 Å². The third kappa shape index (κ3) is 11.5. The number of nitrogens with zero attached hydrogens (tertiary/aromatic N) is 1. The van der Waals surface area contributed by atoms with E-state index in [-0.39, 0.29) is 50.5 Å². The van der Waals surface area contributed by atoms with Crippen molar-refractivity contribution < 1.29 is 52.8 Å². The van der Waals surface area contributed by atoms with Crippen LogP contribution in [0.1, 0.15) is 94.5 Å². The van der Waals surface area contributed by atoms with Gasteiger partial charge in [0, 0.05) is 49.4 Å². The summed E-state index contributed by atoms with van der Waals surface area (Å²) in [5.41, 5.74) is 5.10. The average molecular weight is 890 g/mol. The third-order valence-corrected chi connectivity index (χ3v) is 11.7. The van der Waals surface area contributed by atoms with Crippen LogP contribution in [0.25, 0.3) is 22.3 Å². The van der Waals surface area contributed by atoms with Crippen LogP contribution in [0.15, 0.2) is 84.9 Å². The van der Waals surface area contributed by atoms with Crippen LogP contribution in [0.4, 0.5) is 4.79 Å². The van der Waals surface area contributed by atoms with E-state index in [4.69, 9.17) is 18.9 Å². The van der Waals surface area contributed by atoms with Gasteiger partial charge in [-0.25, -0.2) is 9.59 Å². The Hall–Kier alpha value is -6.70. The summed E-state index contributed by atoms with van der Waals surface area (Å²) in [5.74, 6) is -4.98. The third-order valence-electron chi connectivity index (χ3n) is 11.7. The van der Waals surface area contributed by atoms with E-state index in [0.29, 0.717) is 41.0 Å². The van der Waals surface area contributed by atoms with Crippen LogP contribution in [-0.2, 0) is 44.6 Å². The Bertz CT molecular complexity index is 2380. The van der Waals surface area contributed by atoms with Gasteiger partial charge in [-0.2, -0.15) is 0 Å². The number of nitrogens with one attached hydrogen (secondary N) is 2. The number of alkyl carbamates (subject to hydrolysis) is 1. The van der Waals surface area contributed by atoms with Crippen LogP contribution in [0, 0.1) is 11.8 Å². The number of amides is 3. The van der Waals surface area contributed by atoms with Crippen molar-refractivity contribution in [2.75, 3.05) is 33.9 Å². The minimum atomic E-state index is -1.30. The maximum atomic E-state index is 14.9. The van der Waals surface area contributed by atoms with Crippen molar-refractivity contribution in [3.8, 4) is 33.8 Å². The zero-order valence-electron chi connectivity index (χ0n) is 38.1. The highest BCUT2D eigenvalue weighted by atomic mass is 16.6. The molecule has 6 rings (SSSR count). The number of esters is 2. The van der Waals surface area contributed by atoms with E-state index in [2.05, 4.69) is 10.6 Å². The van der Waals surface area contributed by atoms with Crippen molar-refractivity contribution in [1.29, 1.82) is 0 Å². The van der Waals surface area contributed by atoms with E-state index in [1.54, 1.807) is 58.0 Å². The molecule has 3 N–H and O–H groups in total. The first-order chi connectivity index (χ1) is 31.0. The monoisotopic (exact) mass is 889 g/mol. The fraction of sp³-hybridized carbons (Fsp3) is 0.412. The smallest absolute Gasteiger partial charge is 0.407 e. The second kappa shape index (κ2) is 20.9. The topological polar surface area (TPSA) is 187 Å². The highest BCUT2D eigenvalue weighted by Crippen LogP contribution is 2.45. The quantitative estimate of drug-likeness (QED) is 0.0895. The number of carbonyl (C=O) groups is 6. The van der Waals surface area contributed by atoms with Crippen LogP contribution in [0.5, 0.6) is 11.5 Å². The molecule has 1 heterocycles. The molecule has 0 saturated carbocycles. The number of carbonyl (C=O) groups excluding carboxylic acids is 6. The van der Waals surface area contributed by atoms with E-state index in [1.807, 2.05) is 55.5 Å². The Morgan fingerprint density at radius 2 is 1.57 bits per heavy atom. The minimum absolute atomic E-state index is 0.0169. The molecule has 2 aliphatic rings. The number of Topliss-reactive ketones (excluding diaryl/α,β-unsaturated/α-hetero) is 1. The molecule has 4 atom stereocenters. The van der Waals surface area contributed by atoms with E-state index < -0.39 is 65.1 Å². The van der Waals surface area contributed by atoms with Gasteiger partial charge in [0.15, 0.2) is 5.78 Å². The Morgan fingerprint density at radius 1 is 0.892 bits per heavy atom. The number of hydrogen-bond acceptors (Lipinski definition) is 11. The molecule has 0 fully saturated rings. The number of aromatic hydroxyl groups is 1. The lowest BCUT2D eigenvalue weighted by Crippen LogP contribution is -2.46. The molecule has 344 valence electrons. The number of phenolic OH excluding ortho intramolecular Hbond substituents is 1. The van der Waals surface area contributed by atoms with Gasteiger partial charge >= 0.3 is 18.0 Å². The Kier molecular flexibility index (Phi) is 15.3. The molecule has 0 saturated heterocycles. The van der Waals surface area contributed by atoms with Crippen molar-refractivity contribution in [3.63, 3.8) is 0 Å². The van der Waals surface area contributed by atoms with Crippen molar-refractivity contribution in [1.82, 2.24) is 15.5 Å². The first-order valence-corrected chi connectivity index (χ1v) is 22.1. The zero-order chi connectivity index (χ0) is 47.0. The van der Waals surface area contributed by atoms with Gasteiger partial charge in [-0.1, -0.05) is 74.5 Å². The summed E-state index contributed by atoms with van der Waals surface area (Å²) < 4.78 is 22.5. The lowest BCUT2D eigenvalue weighted by atomic mass is 9.89. The molecule has 0 radical (unpaired) electrons. The molecule has 3 amide bonds. The molecule has 4 aromatic carbocycles. The van der Waals surface area contributed by atoms with Gasteiger partial charge in [0.25, 0.3) is 0 Å². The first-order valence-electron chi connectivity index (χ1n) is 22.1. The molecule has 14 nitrogen and oxygen atoms in total. The summed E-state index contributed by atoms with van der Waals surface area (Å²) >= 11 is 0. The number of ether oxygens (including phenoxy) is 4. The summed E-state index contributed by atoms with van der Waals surface area (Å²) in [6.45, 7) is 9.00. The number of ketones is 1. The lowest BCUT2D eigenvalue weighted by Gasteiger charge is -2.32. The number of fused-ring (bicyclic) bond motifs is 8. The fourth-order valence-corrected chi connectivity index (χ4v) is 8.48. The van der Waals surface area contributed by atoms with Crippen LogP contribution in [0.2, 0.25) is 0 Å². The van der Waals surface area contributed by atoms with Crippen molar-refractivity contribution in [2.45, 2.75) is 90.3 Å². The predicted molar refractivity (Wildman–Crippen MR) is 243 cm³/mol. The van der Waals surface area contributed by atoms with Crippen molar-refractivity contribution >= 4 is 35.6 Å². The van der Waals surface area contributed by atoms with Gasteiger partial charge in [0.05, 0.1) is 26.1 Å². The predicted octanol–water partition coefficient (Wildman–Crippen LogP) is 7.43. The van der Waals surface area contributed by atoms with Gasteiger partial charge in [-0.05, 0) is 91.3 Å². The fourth-order valence-electron chi connectivity index (χ4n) is 8.48. The van der Waals surface area contributed by atoms with Gasteiger partial charge in [-0.3, -0.25) is 19.2 Å². The largest absolute Gasteiger partial charge is 0.507 e. The maximum Gasteiger partial charge on any atom is 0.407 e. The van der Waals surface area contributed by atoms with Crippen LogP contribution in [0.3, 0.4) is 0 Å². The van der Waals surface area contributed by atoms with E-state index in [9.17, 15) is 33.9 Å². The second-order valence-corrected chi connectivity index (χ2v) is 17.7. The van der Waals surface area contributed by atoms with Crippen molar-refractivity contribution in [3.05, 3.63) is 107 Å². The summed E-state index contributed by atoms with van der Waals surface area (Å²) in [7, 11) is 2.67. The number of rotatable bonds is 13. The minimum Gasteiger partial charge on any atom is -0.507 e. The van der Waals surface area contributed by atoms with Gasteiger partial charge in [0.2, 0.25) is 11.8 Å². The molecule has 0 unspecified atom stereocenters. The van der Waals surface area contributed by atoms with E-state index in [0.717, 1.165) is 22.3 Å². The van der Waals surface area contributed by atoms with E-state index >= 15 is 0 Å². The zero-order valence-corrected chi connectivity index (χ0v) is 38.1. The second-order valence-electron chi connectivity index (χ2n) is 17.7. The first kappa shape index (κ1) is 47.8. The SMILES string of the molecule is CCCOc1ccc2cc1-c1cc(ccc1O)C[C@@H](C(=O)OC)NC(=O)[C@H](C)CC(=O)[C@H]2N(C)C(=O)[C@H](CCNC(=O)OC(C)(C)C)CC(=O)OCC1c2ccccc2-c2ccccc21. The lowest BCUT2D eigenvalue weighted by molar-refractivity contribution is -0.150. The molecule has 1 aliphatic heterocycles. The normalized spacial score (nSPS) is 17.6. The van der Waals surface area contributed by atoms with Gasteiger partial charge < -0.3 is 39.6 Å². The van der Waals surface area contributed by atoms with Crippen molar-refractivity contribution in [2.24, 2.45) is 11.8 Å². The van der Waals surface area contributed by atoms with Gasteiger partial charge in [-0.15, -0.1) is 0 Å². The molecule has 14 heteroatoms. The number of likely N-dealkylation sites (N-methyl/N-ethyl adjacent to an activating group) is 1. The number of methoxy groups -OCH3 is 1. The average Bonchev–Trinajstić information content (AvgIpc) is 3.59. The summed E-state index contributed by atoms with van der Waals surface area (Å²) in [6.07, 6.45) is -0.718. The standard InChI is InChI=1S/C51H59N3O11/c1-8-23-63-44-20-18-32-27-39(44)38-25-31(17-19-42(38)55)26-41(49(60)62-7)53-47(58)30(2)24-43(56)46(32)54(6)48(59)33(21-22-52-50(61)65-51(3,4)5)28-45(57)64-29-40-36-15-11-9-13-34(36)35-14-10-12-16-37(35)40/h9-20,25,27,30,33,40-41,46,55H,8,21-24,26,28-29H2,1-7H3,(H,52,61)(H,53,58)/t30-,33-,41+,46+/m1/s1. The number of hydrogen-bond donors (Lipinski definition) is 3. The highest BCUT2D eigenvalue weighted by molar-refractivity contribution is 5.95. The summed E-state index contributed by atoms with van der Waals surface area (Å²) in [5, 5.41) is 16.7. The van der Waals surface area contributed by atoms with Crippen LogP contribution < -0.4 is 15.4 Å². The molecule has 65 heavy (non-hydrogen) atoms. The number of phenols is 1. The molecule has 4 bridgehead atoms. The maximum absolute atomic E-state index is 14.9. The highest BCUT2D eigenvalue weighted by Gasteiger charge is 2.37. The molecule has 0 spiro atoms. The molecule has 4 aromatic rings. The molecular formula is C51H59N3O11. The van der Waals surface area contributed by atoms with Crippen LogP contribution >= 0.6 is 0 Å². The summed E-state index contributed by atoms with van der Waals surface area (Å²) in [4.78, 5) is 84.0.